The van der Waals surface area contributed by atoms with Crippen molar-refractivity contribution in [2.75, 3.05) is 33.4 Å². The van der Waals surface area contributed by atoms with Gasteiger partial charge in [0.2, 0.25) is 0 Å². The van der Waals surface area contributed by atoms with E-state index in [4.69, 9.17) is 4.74 Å². The standard InChI is InChI=1S/C14H20BrN3OS.HI/c1-16-13(17-8-11-2-3-12(15)20-11)18-6-4-14(9-18)5-7-19-10-14;/h2-3H,4-10H2,1H3,(H,16,17);1H. The topological polar surface area (TPSA) is 36.9 Å². The number of aliphatic imine (C=N–C) groups is 1. The highest BCUT2D eigenvalue weighted by Gasteiger charge is 2.42. The molecule has 1 aromatic rings. The molecule has 2 fully saturated rings. The van der Waals surface area contributed by atoms with Crippen molar-refractivity contribution in [3.63, 3.8) is 0 Å². The van der Waals surface area contributed by atoms with Crippen LogP contribution in [0.2, 0.25) is 0 Å². The molecular formula is C14H21BrIN3OS. The zero-order chi connectivity index (χ0) is 14.0. The van der Waals surface area contributed by atoms with Crippen LogP contribution in [-0.4, -0.2) is 44.2 Å². The first-order valence-corrected chi connectivity index (χ1v) is 8.59. The molecule has 1 unspecified atom stereocenters. The number of hydrogen-bond acceptors (Lipinski definition) is 3. The number of ether oxygens (including phenoxy) is 1. The lowest BCUT2D eigenvalue weighted by molar-refractivity contribution is 0.156. The molecule has 0 aromatic carbocycles. The van der Waals surface area contributed by atoms with Crippen molar-refractivity contribution in [2.45, 2.75) is 19.4 Å². The maximum Gasteiger partial charge on any atom is 0.193 e. The summed E-state index contributed by atoms with van der Waals surface area (Å²) in [6.45, 7) is 4.82. The zero-order valence-corrected chi connectivity index (χ0v) is 16.8. The SMILES string of the molecule is CN=C(NCc1ccc(Br)s1)N1CCC2(CCOC2)C1.I. The Hall–Kier alpha value is 0.140. The molecule has 21 heavy (non-hydrogen) atoms. The lowest BCUT2D eigenvalue weighted by Gasteiger charge is -2.24. The summed E-state index contributed by atoms with van der Waals surface area (Å²) in [5.41, 5.74) is 0.379. The summed E-state index contributed by atoms with van der Waals surface area (Å²) >= 11 is 5.26. The van der Waals surface area contributed by atoms with Gasteiger partial charge in [-0.15, -0.1) is 35.3 Å². The first-order valence-electron chi connectivity index (χ1n) is 6.98. The number of guanidine groups is 1. The third kappa shape index (κ3) is 4.11. The molecule has 1 aromatic heterocycles. The summed E-state index contributed by atoms with van der Waals surface area (Å²) in [6, 6.07) is 4.23. The van der Waals surface area contributed by atoms with Crippen LogP contribution in [0.15, 0.2) is 20.9 Å². The van der Waals surface area contributed by atoms with Crippen LogP contribution in [-0.2, 0) is 11.3 Å². The molecular weight excluding hydrogens is 465 g/mol. The van der Waals surface area contributed by atoms with Crippen LogP contribution >= 0.6 is 51.2 Å². The van der Waals surface area contributed by atoms with E-state index in [-0.39, 0.29) is 24.0 Å². The largest absolute Gasteiger partial charge is 0.381 e. The molecule has 2 aliphatic heterocycles. The maximum absolute atomic E-state index is 5.59. The Morgan fingerprint density at radius 3 is 3.00 bits per heavy atom. The quantitative estimate of drug-likeness (QED) is 0.396. The van der Waals surface area contributed by atoms with E-state index in [1.807, 2.05) is 7.05 Å². The van der Waals surface area contributed by atoms with Crippen molar-refractivity contribution in [3.05, 3.63) is 20.8 Å². The molecule has 1 N–H and O–H groups in total. The van der Waals surface area contributed by atoms with Crippen LogP contribution in [0.1, 0.15) is 17.7 Å². The molecule has 2 saturated heterocycles. The van der Waals surface area contributed by atoms with Gasteiger partial charge in [-0.05, 0) is 40.9 Å². The summed E-state index contributed by atoms with van der Waals surface area (Å²) in [5.74, 6) is 1.01. The minimum absolute atomic E-state index is 0. The van der Waals surface area contributed by atoms with E-state index in [1.54, 1.807) is 11.3 Å². The predicted molar refractivity (Wildman–Crippen MR) is 102 cm³/mol. The lowest BCUT2D eigenvalue weighted by Crippen LogP contribution is -2.41. The van der Waals surface area contributed by atoms with E-state index in [1.165, 1.54) is 21.5 Å². The second-order valence-corrected chi connectivity index (χ2v) is 8.13. The van der Waals surface area contributed by atoms with Gasteiger partial charge in [0.25, 0.3) is 0 Å². The van der Waals surface area contributed by atoms with Gasteiger partial charge in [0.05, 0.1) is 16.9 Å². The second kappa shape index (κ2) is 7.61. The normalized spacial score (nSPS) is 25.4. The fourth-order valence-electron chi connectivity index (χ4n) is 3.03. The van der Waals surface area contributed by atoms with Crippen molar-refractivity contribution in [1.82, 2.24) is 10.2 Å². The van der Waals surface area contributed by atoms with Gasteiger partial charge in [0.15, 0.2) is 5.96 Å². The monoisotopic (exact) mass is 485 g/mol. The highest BCUT2D eigenvalue weighted by molar-refractivity contribution is 14.0. The Morgan fingerprint density at radius 2 is 2.38 bits per heavy atom. The molecule has 2 aliphatic rings. The molecule has 1 spiro atoms. The van der Waals surface area contributed by atoms with Crippen LogP contribution in [0.4, 0.5) is 0 Å². The highest BCUT2D eigenvalue weighted by Crippen LogP contribution is 2.38. The summed E-state index contributed by atoms with van der Waals surface area (Å²) in [5, 5.41) is 3.47. The smallest absolute Gasteiger partial charge is 0.193 e. The number of halogens is 2. The van der Waals surface area contributed by atoms with Gasteiger partial charge in [-0.3, -0.25) is 4.99 Å². The first kappa shape index (κ1) is 17.5. The van der Waals surface area contributed by atoms with E-state index < -0.39 is 0 Å². The van der Waals surface area contributed by atoms with Crippen LogP contribution in [0.25, 0.3) is 0 Å². The molecule has 0 saturated carbocycles. The molecule has 3 rings (SSSR count). The highest BCUT2D eigenvalue weighted by atomic mass is 127. The molecule has 7 heteroatoms. The molecule has 0 aliphatic carbocycles. The molecule has 0 amide bonds. The van der Waals surface area contributed by atoms with Gasteiger partial charge in [0, 0.05) is 37.0 Å². The van der Waals surface area contributed by atoms with Crippen LogP contribution in [0.5, 0.6) is 0 Å². The van der Waals surface area contributed by atoms with Crippen molar-refractivity contribution >= 4 is 57.2 Å². The zero-order valence-electron chi connectivity index (χ0n) is 12.1. The van der Waals surface area contributed by atoms with E-state index >= 15 is 0 Å². The second-order valence-electron chi connectivity index (χ2n) is 5.58. The van der Waals surface area contributed by atoms with Crippen LogP contribution in [0, 0.1) is 5.41 Å². The number of nitrogens with one attached hydrogen (secondary N) is 1. The summed E-state index contributed by atoms with van der Waals surface area (Å²) in [4.78, 5) is 8.12. The number of rotatable bonds is 2. The van der Waals surface area contributed by atoms with E-state index in [2.05, 4.69) is 43.3 Å². The van der Waals surface area contributed by atoms with Crippen molar-refractivity contribution in [2.24, 2.45) is 10.4 Å². The fraction of sp³-hybridized carbons (Fsp3) is 0.643. The minimum atomic E-state index is 0. The lowest BCUT2D eigenvalue weighted by atomic mass is 9.87. The summed E-state index contributed by atoms with van der Waals surface area (Å²) < 4.78 is 6.76. The molecule has 4 nitrogen and oxygen atoms in total. The molecule has 0 radical (unpaired) electrons. The number of hydrogen-bond donors (Lipinski definition) is 1. The number of thiophene rings is 1. The molecule has 1 atom stereocenters. The Kier molecular flexibility index (Phi) is 6.34. The molecule has 0 bridgehead atoms. The number of nitrogens with zero attached hydrogens (tertiary/aromatic N) is 2. The van der Waals surface area contributed by atoms with Crippen molar-refractivity contribution in [1.29, 1.82) is 0 Å². The van der Waals surface area contributed by atoms with Crippen molar-refractivity contribution < 1.29 is 4.74 Å². The first-order chi connectivity index (χ1) is 9.71. The average molecular weight is 486 g/mol. The Morgan fingerprint density at radius 1 is 1.52 bits per heavy atom. The van der Waals surface area contributed by atoms with Gasteiger partial charge in [-0.1, -0.05) is 0 Å². The predicted octanol–water partition coefficient (Wildman–Crippen LogP) is 3.32. The average Bonchev–Trinajstić information content (AvgIpc) is 3.15. The third-order valence-corrected chi connectivity index (χ3v) is 5.81. The van der Waals surface area contributed by atoms with E-state index in [9.17, 15) is 0 Å². The Labute approximate surface area is 155 Å². The van der Waals surface area contributed by atoms with Gasteiger partial charge in [-0.25, -0.2) is 0 Å². The van der Waals surface area contributed by atoms with E-state index in [0.29, 0.717) is 5.41 Å². The van der Waals surface area contributed by atoms with Gasteiger partial charge in [0.1, 0.15) is 0 Å². The number of likely N-dealkylation sites (tertiary alicyclic amines) is 1. The Balaban J connectivity index is 0.00000161. The third-order valence-electron chi connectivity index (χ3n) is 4.18. The van der Waals surface area contributed by atoms with Crippen molar-refractivity contribution in [3.8, 4) is 0 Å². The summed E-state index contributed by atoms with van der Waals surface area (Å²) in [6.07, 6.45) is 2.41. The Bertz CT molecular complexity index is 502. The molecule has 3 heterocycles. The summed E-state index contributed by atoms with van der Waals surface area (Å²) in [7, 11) is 1.86. The maximum atomic E-state index is 5.59. The van der Waals surface area contributed by atoms with Gasteiger partial charge >= 0.3 is 0 Å². The van der Waals surface area contributed by atoms with E-state index in [0.717, 1.165) is 38.8 Å². The van der Waals surface area contributed by atoms with Gasteiger partial charge in [-0.2, -0.15) is 0 Å². The van der Waals surface area contributed by atoms with Crippen LogP contribution in [0.3, 0.4) is 0 Å². The minimum Gasteiger partial charge on any atom is -0.381 e. The fourth-order valence-corrected chi connectivity index (χ4v) is 4.46. The molecule has 118 valence electrons. The van der Waals surface area contributed by atoms with Gasteiger partial charge < -0.3 is 15.0 Å². The van der Waals surface area contributed by atoms with Crippen LogP contribution < -0.4 is 5.32 Å².